The first-order chi connectivity index (χ1) is 12.6. The molecule has 1 atom stereocenters. The summed E-state index contributed by atoms with van der Waals surface area (Å²) in [5.74, 6) is 4.95. The van der Waals surface area contributed by atoms with Crippen LogP contribution in [0.5, 0.6) is 0 Å². The van der Waals surface area contributed by atoms with Gasteiger partial charge in [0, 0.05) is 16.6 Å². The van der Waals surface area contributed by atoms with Crippen molar-refractivity contribution in [3.63, 3.8) is 0 Å². The van der Waals surface area contributed by atoms with Crippen LogP contribution in [0.3, 0.4) is 0 Å². The molecule has 0 amide bonds. The number of halogens is 1. The van der Waals surface area contributed by atoms with Gasteiger partial charge in [0.05, 0.1) is 6.54 Å². The predicted octanol–water partition coefficient (Wildman–Crippen LogP) is 6.29. The van der Waals surface area contributed by atoms with E-state index in [2.05, 4.69) is 24.4 Å². The molecule has 4 saturated carbocycles. The highest BCUT2D eigenvalue weighted by Crippen LogP contribution is 2.61. The molecule has 0 spiro atoms. The third-order valence-corrected chi connectivity index (χ3v) is 7.63. The zero-order valence-corrected chi connectivity index (χ0v) is 16.3. The van der Waals surface area contributed by atoms with Crippen molar-refractivity contribution in [2.75, 3.05) is 0 Å². The minimum Gasteiger partial charge on any atom is -0.460 e. The van der Waals surface area contributed by atoms with Crippen LogP contribution in [0.25, 0.3) is 11.3 Å². The van der Waals surface area contributed by atoms with Gasteiger partial charge in [0.25, 0.3) is 0 Å². The van der Waals surface area contributed by atoms with E-state index in [9.17, 15) is 0 Å². The summed E-state index contributed by atoms with van der Waals surface area (Å²) in [5, 5.41) is 4.57. The van der Waals surface area contributed by atoms with E-state index in [0.717, 1.165) is 46.4 Å². The molecule has 2 aromatic rings. The van der Waals surface area contributed by atoms with Crippen molar-refractivity contribution in [2.24, 2.45) is 23.2 Å². The van der Waals surface area contributed by atoms with Gasteiger partial charge in [-0.25, -0.2) is 0 Å². The molecule has 1 aromatic carbocycles. The fourth-order valence-corrected chi connectivity index (χ4v) is 6.55. The number of hydrogen-bond acceptors (Lipinski definition) is 2. The molecule has 0 aliphatic heterocycles. The quantitative estimate of drug-likeness (QED) is 0.669. The van der Waals surface area contributed by atoms with Gasteiger partial charge in [-0.15, -0.1) is 0 Å². The molecule has 6 rings (SSSR count). The van der Waals surface area contributed by atoms with Gasteiger partial charge in [0.15, 0.2) is 0 Å². The Hall–Kier alpha value is -1.25. The minimum absolute atomic E-state index is 0.542. The van der Waals surface area contributed by atoms with Gasteiger partial charge in [-0.3, -0.25) is 0 Å². The fraction of sp³-hybridized carbons (Fsp3) is 0.565. The molecule has 0 unspecified atom stereocenters. The number of rotatable bonds is 5. The summed E-state index contributed by atoms with van der Waals surface area (Å²) < 4.78 is 6.07. The smallest absolute Gasteiger partial charge is 0.134 e. The van der Waals surface area contributed by atoms with E-state index < -0.39 is 0 Å². The topological polar surface area (TPSA) is 25.2 Å². The van der Waals surface area contributed by atoms with Crippen molar-refractivity contribution in [1.82, 2.24) is 5.32 Å². The molecule has 4 bridgehead atoms. The summed E-state index contributed by atoms with van der Waals surface area (Å²) in [6.45, 7) is 3.23. The van der Waals surface area contributed by atoms with Crippen LogP contribution in [0.1, 0.15) is 51.2 Å². The van der Waals surface area contributed by atoms with Gasteiger partial charge in [-0.2, -0.15) is 0 Å². The number of nitrogens with one attached hydrogen (secondary N) is 1. The van der Waals surface area contributed by atoms with E-state index in [0.29, 0.717) is 11.5 Å². The lowest BCUT2D eigenvalue weighted by Crippen LogP contribution is -2.54. The molecule has 1 N–H and O–H groups in total. The second kappa shape index (κ2) is 6.42. The Labute approximate surface area is 161 Å². The van der Waals surface area contributed by atoms with E-state index in [1.165, 1.54) is 38.5 Å². The van der Waals surface area contributed by atoms with Crippen molar-refractivity contribution >= 4 is 11.6 Å². The number of benzene rings is 1. The third kappa shape index (κ3) is 3.01. The Morgan fingerprint density at radius 2 is 1.62 bits per heavy atom. The first-order valence-electron chi connectivity index (χ1n) is 10.2. The largest absolute Gasteiger partial charge is 0.460 e. The fourth-order valence-electron chi connectivity index (χ4n) is 6.42. The van der Waals surface area contributed by atoms with Crippen LogP contribution < -0.4 is 5.32 Å². The maximum Gasteiger partial charge on any atom is 0.134 e. The summed E-state index contributed by atoms with van der Waals surface area (Å²) in [7, 11) is 0. The summed E-state index contributed by atoms with van der Waals surface area (Å²) in [6, 6.07) is 12.6. The molecule has 4 fully saturated rings. The normalized spacial score (nSPS) is 33.5. The molecule has 4 aliphatic carbocycles. The maximum atomic E-state index is 6.07. The van der Waals surface area contributed by atoms with Crippen LogP contribution >= 0.6 is 11.6 Å². The highest BCUT2D eigenvalue weighted by molar-refractivity contribution is 6.30. The molecule has 138 valence electrons. The second-order valence-corrected chi connectivity index (χ2v) is 9.59. The van der Waals surface area contributed by atoms with Crippen molar-refractivity contribution < 1.29 is 4.42 Å². The third-order valence-electron chi connectivity index (χ3n) is 7.38. The summed E-state index contributed by atoms with van der Waals surface area (Å²) >= 11 is 5.98. The molecule has 1 aromatic heterocycles. The van der Waals surface area contributed by atoms with Crippen LogP contribution in [-0.4, -0.2) is 6.04 Å². The monoisotopic (exact) mass is 369 g/mol. The molecule has 3 heteroatoms. The summed E-state index contributed by atoms with van der Waals surface area (Å²) in [5.41, 5.74) is 1.62. The molecular weight excluding hydrogens is 342 g/mol. The molecule has 1 heterocycles. The molecule has 26 heavy (non-hydrogen) atoms. The maximum absolute atomic E-state index is 6.07. The standard InChI is InChI=1S/C23H28ClNO/c1-15(23-11-16-8-17(12-23)10-18(9-16)13-23)25-14-21-6-7-22(26-21)19-2-4-20(24)5-3-19/h2-7,15-18,25H,8-14H2,1H3/t15-,16?,17?,18?,23?/m1/s1. The minimum atomic E-state index is 0.542. The van der Waals surface area contributed by atoms with E-state index in [1.54, 1.807) is 0 Å². The zero-order chi connectivity index (χ0) is 17.7. The first kappa shape index (κ1) is 16.9. The number of furan rings is 1. The van der Waals surface area contributed by atoms with E-state index in [-0.39, 0.29) is 0 Å². The predicted molar refractivity (Wildman–Crippen MR) is 106 cm³/mol. The van der Waals surface area contributed by atoms with Gasteiger partial charge >= 0.3 is 0 Å². The van der Waals surface area contributed by atoms with Gasteiger partial charge in [-0.05, 0) is 105 Å². The average molecular weight is 370 g/mol. The first-order valence-corrected chi connectivity index (χ1v) is 10.6. The average Bonchev–Trinajstić information content (AvgIpc) is 3.08. The molecule has 0 radical (unpaired) electrons. The van der Waals surface area contributed by atoms with E-state index >= 15 is 0 Å². The summed E-state index contributed by atoms with van der Waals surface area (Å²) in [6.07, 6.45) is 8.86. The van der Waals surface area contributed by atoms with Crippen molar-refractivity contribution in [3.05, 3.63) is 47.2 Å². The van der Waals surface area contributed by atoms with Crippen molar-refractivity contribution in [1.29, 1.82) is 0 Å². The van der Waals surface area contributed by atoms with Crippen molar-refractivity contribution in [3.8, 4) is 11.3 Å². The molecule has 0 saturated heterocycles. The molecular formula is C23H28ClNO. The van der Waals surface area contributed by atoms with E-state index in [4.69, 9.17) is 16.0 Å². The van der Waals surface area contributed by atoms with Gasteiger partial charge in [0.2, 0.25) is 0 Å². The molecule has 4 aliphatic rings. The Morgan fingerprint density at radius 1 is 1.00 bits per heavy atom. The van der Waals surface area contributed by atoms with Gasteiger partial charge < -0.3 is 9.73 Å². The lowest BCUT2D eigenvalue weighted by molar-refractivity contribution is -0.0708. The van der Waals surface area contributed by atoms with Crippen LogP contribution in [0.4, 0.5) is 0 Å². The van der Waals surface area contributed by atoms with Gasteiger partial charge in [0.1, 0.15) is 11.5 Å². The van der Waals surface area contributed by atoms with Crippen molar-refractivity contribution in [2.45, 2.75) is 58.0 Å². The lowest BCUT2D eigenvalue weighted by atomic mass is 9.48. The Balaban J connectivity index is 1.25. The Morgan fingerprint density at radius 3 is 2.23 bits per heavy atom. The highest BCUT2D eigenvalue weighted by atomic mass is 35.5. The van der Waals surface area contributed by atoms with Crippen LogP contribution in [0.15, 0.2) is 40.8 Å². The Bertz CT molecular complexity index is 742. The number of hydrogen-bond donors (Lipinski definition) is 1. The lowest BCUT2D eigenvalue weighted by Gasteiger charge is -2.59. The van der Waals surface area contributed by atoms with Crippen LogP contribution in [0.2, 0.25) is 5.02 Å². The SMILES string of the molecule is C[C@@H](NCc1ccc(-c2ccc(Cl)cc2)o1)C12CC3CC(CC(C3)C1)C2. The molecule has 2 nitrogen and oxygen atoms in total. The van der Waals surface area contributed by atoms with E-state index in [1.807, 2.05) is 24.3 Å². The zero-order valence-electron chi connectivity index (χ0n) is 15.5. The van der Waals surface area contributed by atoms with Crippen LogP contribution in [-0.2, 0) is 6.54 Å². The van der Waals surface area contributed by atoms with Crippen LogP contribution in [0, 0.1) is 23.2 Å². The van der Waals surface area contributed by atoms with Gasteiger partial charge in [-0.1, -0.05) is 11.6 Å². The summed E-state index contributed by atoms with van der Waals surface area (Å²) in [4.78, 5) is 0. The Kier molecular flexibility index (Phi) is 4.17. The second-order valence-electron chi connectivity index (χ2n) is 9.16. The highest BCUT2D eigenvalue weighted by Gasteiger charge is 2.52.